The van der Waals surface area contributed by atoms with Crippen LogP contribution in [0.15, 0.2) is 4.52 Å². The van der Waals surface area contributed by atoms with Gasteiger partial charge < -0.3 is 14.6 Å². The number of nitrogens with one attached hydrogen (secondary N) is 1. The van der Waals surface area contributed by atoms with E-state index in [4.69, 9.17) is 9.26 Å². The van der Waals surface area contributed by atoms with Gasteiger partial charge in [-0.05, 0) is 32.9 Å². The van der Waals surface area contributed by atoms with Crippen LogP contribution in [0.3, 0.4) is 0 Å². The summed E-state index contributed by atoms with van der Waals surface area (Å²) in [4.78, 5) is 4.11. The minimum Gasteiger partial charge on any atom is -0.378 e. The van der Waals surface area contributed by atoms with Crippen LogP contribution >= 0.6 is 0 Å². The summed E-state index contributed by atoms with van der Waals surface area (Å²) in [5, 5.41) is 6.25. The molecule has 2 heterocycles. The van der Waals surface area contributed by atoms with Crippen LogP contribution in [0.1, 0.15) is 36.7 Å². The molecule has 2 rings (SSSR count). The van der Waals surface area contributed by atoms with Crippen molar-refractivity contribution >= 4 is 9.84 Å². The highest BCUT2D eigenvalue weighted by atomic mass is 32.2. The van der Waals surface area contributed by atoms with Gasteiger partial charge in [0.2, 0.25) is 5.89 Å². The topological polar surface area (TPSA) is 94.3 Å². The van der Waals surface area contributed by atoms with Crippen LogP contribution in [-0.4, -0.2) is 50.6 Å². The van der Waals surface area contributed by atoms with E-state index in [1.165, 1.54) is 0 Å². The molecular formula is C12H21N3O4S. The lowest BCUT2D eigenvalue weighted by molar-refractivity contribution is 0.0322. The third-order valence-corrected chi connectivity index (χ3v) is 4.94. The Balaban J connectivity index is 1.81. The molecule has 7 nitrogen and oxygen atoms in total. The first-order chi connectivity index (χ1) is 9.47. The molecule has 1 unspecified atom stereocenters. The van der Waals surface area contributed by atoms with Crippen molar-refractivity contribution in [1.82, 2.24) is 15.5 Å². The Morgan fingerprint density at radius 1 is 1.45 bits per heavy atom. The average molecular weight is 303 g/mol. The van der Waals surface area contributed by atoms with Gasteiger partial charge in [0, 0.05) is 6.26 Å². The predicted octanol–water partition coefficient (Wildman–Crippen LogP) is 0.486. The van der Waals surface area contributed by atoms with E-state index in [0.29, 0.717) is 18.9 Å². The lowest BCUT2D eigenvalue weighted by Crippen LogP contribution is -2.32. The Kier molecular flexibility index (Phi) is 5.11. The molecule has 1 aliphatic heterocycles. The van der Waals surface area contributed by atoms with Crippen molar-refractivity contribution < 1.29 is 17.7 Å². The molecule has 1 atom stereocenters. The molecule has 0 bridgehead atoms. The number of nitrogens with zero attached hydrogens (tertiary/aromatic N) is 2. The van der Waals surface area contributed by atoms with Gasteiger partial charge in [0.05, 0.1) is 19.1 Å². The lowest BCUT2D eigenvalue weighted by Gasteiger charge is -2.22. The van der Waals surface area contributed by atoms with Gasteiger partial charge >= 0.3 is 0 Å². The van der Waals surface area contributed by atoms with Crippen LogP contribution < -0.4 is 5.32 Å². The summed E-state index contributed by atoms with van der Waals surface area (Å²) in [7, 11) is -3.20. The third-order valence-electron chi connectivity index (χ3n) is 3.45. The summed E-state index contributed by atoms with van der Waals surface area (Å²) in [5.41, 5.74) is 0. The van der Waals surface area contributed by atoms with E-state index in [-0.39, 0.29) is 11.9 Å². The molecule has 8 heteroatoms. The Morgan fingerprint density at radius 2 is 2.15 bits per heavy atom. The van der Waals surface area contributed by atoms with Crippen LogP contribution in [-0.2, 0) is 21.0 Å². The second-order valence-electron chi connectivity index (χ2n) is 5.09. The minimum atomic E-state index is -3.20. The Hall–Kier alpha value is -0.990. The summed E-state index contributed by atoms with van der Waals surface area (Å²) in [6, 6.07) is 0. The van der Waals surface area contributed by atoms with Crippen molar-refractivity contribution in [2.45, 2.75) is 37.5 Å². The molecule has 1 fully saturated rings. The molecule has 0 spiro atoms. The van der Waals surface area contributed by atoms with Gasteiger partial charge in [0.25, 0.3) is 0 Å². The van der Waals surface area contributed by atoms with E-state index in [2.05, 4.69) is 15.5 Å². The quantitative estimate of drug-likeness (QED) is 0.817. The first kappa shape index (κ1) is 15.4. The maximum atomic E-state index is 11.4. The molecule has 0 aromatic carbocycles. The number of sulfone groups is 1. The van der Waals surface area contributed by atoms with Gasteiger partial charge in [-0.1, -0.05) is 5.16 Å². The highest BCUT2D eigenvalue weighted by molar-refractivity contribution is 7.90. The van der Waals surface area contributed by atoms with E-state index in [9.17, 15) is 8.42 Å². The number of ether oxygens (including phenoxy) is 1. The van der Waals surface area contributed by atoms with E-state index in [0.717, 1.165) is 32.2 Å². The zero-order valence-corrected chi connectivity index (χ0v) is 12.6. The molecule has 1 aromatic rings. The van der Waals surface area contributed by atoms with Crippen LogP contribution in [0.25, 0.3) is 0 Å². The normalized spacial score (nSPS) is 19.1. The number of hydrogen-bond donors (Lipinski definition) is 1. The molecule has 20 heavy (non-hydrogen) atoms. The molecule has 0 radical (unpaired) electrons. The van der Waals surface area contributed by atoms with Crippen LogP contribution in [0.4, 0.5) is 0 Å². The summed E-state index contributed by atoms with van der Waals surface area (Å²) in [5.74, 6) is 0.633. The molecule has 114 valence electrons. The van der Waals surface area contributed by atoms with E-state index in [1.54, 1.807) is 6.92 Å². The first-order valence-corrected chi connectivity index (χ1v) is 8.76. The molecule has 1 aliphatic rings. The van der Waals surface area contributed by atoms with Crippen molar-refractivity contribution in [3.8, 4) is 0 Å². The minimum absolute atomic E-state index is 0.212. The van der Waals surface area contributed by atoms with Crippen LogP contribution in [0.2, 0.25) is 0 Å². The second kappa shape index (κ2) is 6.64. The summed E-state index contributed by atoms with van der Waals surface area (Å²) >= 11 is 0. The third kappa shape index (κ3) is 4.26. The van der Waals surface area contributed by atoms with Gasteiger partial charge in [0.15, 0.2) is 15.7 Å². The Labute approximate surface area is 119 Å². The summed E-state index contributed by atoms with van der Waals surface area (Å²) in [6.07, 6.45) is 3.98. The Bertz CT molecular complexity index is 523. The largest absolute Gasteiger partial charge is 0.378 e. The number of hydrogen-bond acceptors (Lipinski definition) is 7. The van der Waals surface area contributed by atoms with Gasteiger partial charge in [-0.3, -0.25) is 0 Å². The van der Waals surface area contributed by atoms with Crippen molar-refractivity contribution in [2.24, 2.45) is 0 Å². The Morgan fingerprint density at radius 3 is 2.80 bits per heavy atom. The molecular weight excluding hydrogens is 282 g/mol. The van der Waals surface area contributed by atoms with Crippen LogP contribution in [0.5, 0.6) is 0 Å². The predicted molar refractivity (Wildman–Crippen MR) is 73.1 cm³/mol. The monoisotopic (exact) mass is 303 g/mol. The SMILES string of the molecule is CC(c1noc(CCOC2CCNCC2)n1)S(C)(=O)=O. The second-order valence-corrected chi connectivity index (χ2v) is 7.45. The van der Waals surface area contributed by atoms with Crippen molar-refractivity contribution in [3.63, 3.8) is 0 Å². The fourth-order valence-corrected chi connectivity index (χ4v) is 2.48. The molecule has 1 aromatic heterocycles. The molecule has 1 saturated heterocycles. The van der Waals surface area contributed by atoms with E-state index in [1.807, 2.05) is 0 Å². The van der Waals surface area contributed by atoms with Gasteiger partial charge in [-0.15, -0.1) is 0 Å². The fourth-order valence-electron chi connectivity index (χ4n) is 2.00. The molecule has 0 saturated carbocycles. The highest BCUT2D eigenvalue weighted by Gasteiger charge is 2.23. The highest BCUT2D eigenvalue weighted by Crippen LogP contribution is 2.17. The summed E-state index contributed by atoms with van der Waals surface area (Å²) < 4.78 is 33.6. The van der Waals surface area contributed by atoms with Crippen molar-refractivity contribution in [3.05, 3.63) is 11.7 Å². The number of aromatic nitrogens is 2. The van der Waals surface area contributed by atoms with Crippen molar-refractivity contribution in [2.75, 3.05) is 26.0 Å². The van der Waals surface area contributed by atoms with Crippen molar-refractivity contribution in [1.29, 1.82) is 0 Å². The molecule has 1 N–H and O–H groups in total. The fraction of sp³-hybridized carbons (Fsp3) is 0.833. The number of piperidine rings is 1. The maximum Gasteiger partial charge on any atom is 0.229 e. The van der Waals surface area contributed by atoms with Crippen LogP contribution in [0, 0.1) is 0 Å². The van der Waals surface area contributed by atoms with E-state index >= 15 is 0 Å². The van der Waals surface area contributed by atoms with Gasteiger partial charge in [-0.25, -0.2) is 8.42 Å². The maximum absolute atomic E-state index is 11.4. The summed E-state index contributed by atoms with van der Waals surface area (Å²) in [6.45, 7) is 4.04. The molecule has 0 amide bonds. The lowest BCUT2D eigenvalue weighted by atomic mass is 10.1. The standard InChI is InChI=1S/C12H21N3O4S/c1-9(20(2,16)17)12-14-11(19-15-12)5-8-18-10-3-6-13-7-4-10/h9-10,13H,3-8H2,1-2H3. The first-order valence-electron chi connectivity index (χ1n) is 6.80. The molecule has 0 aliphatic carbocycles. The smallest absolute Gasteiger partial charge is 0.229 e. The van der Waals surface area contributed by atoms with Gasteiger partial charge in [0.1, 0.15) is 5.25 Å². The average Bonchev–Trinajstić information content (AvgIpc) is 2.87. The number of rotatable bonds is 6. The van der Waals surface area contributed by atoms with Gasteiger partial charge in [-0.2, -0.15) is 4.98 Å². The zero-order valence-electron chi connectivity index (χ0n) is 11.8. The van der Waals surface area contributed by atoms with E-state index < -0.39 is 15.1 Å². The zero-order chi connectivity index (χ0) is 14.6.